The van der Waals surface area contributed by atoms with Gasteiger partial charge >= 0.3 is 0 Å². The van der Waals surface area contributed by atoms with Gasteiger partial charge in [0.1, 0.15) is 6.54 Å². The molecule has 186 valence electrons. The van der Waals surface area contributed by atoms with Crippen LogP contribution < -0.4 is 10.2 Å². The Bertz CT molecular complexity index is 1350. The number of aryl methyl sites for hydroxylation is 2. The molecule has 2 aliphatic rings. The number of fused-ring (bicyclic) bond motifs is 1. The number of hydrogen-bond donors (Lipinski definition) is 1. The van der Waals surface area contributed by atoms with Gasteiger partial charge < -0.3 is 9.88 Å². The van der Waals surface area contributed by atoms with Crippen LogP contribution in [0.5, 0.6) is 0 Å². The van der Waals surface area contributed by atoms with Crippen molar-refractivity contribution in [2.75, 3.05) is 4.90 Å². The minimum atomic E-state index is -0.323. The minimum absolute atomic E-state index is 0.0101. The molecular formula is C29H31N3O3S. The van der Waals surface area contributed by atoms with Crippen LogP contribution in [0, 0.1) is 6.92 Å². The molecule has 0 bridgehead atoms. The van der Waals surface area contributed by atoms with Crippen molar-refractivity contribution < 1.29 is 14.4 Å². The predicted octanol–water partition coefficient (Wildman–Crippen LogP) is 6.20. The van der Waals surface area contributed by atoms with Crippen LogP contribution >= 0.6 is 11.8 Å². The number of nitrogens with zero attached hydrogens (tertiary/aromatic N) is 2. The van der Waals surface area contributed by atoms with Crippen LogP contribution in [-0.2, 0) is 22.6 Å². The van der Waals surface area contributed by atoms with Crippen LogP contribution in [-0.4, -0.2) is 27.7 Å². The second-order valence-electron chi connectivity index (χ2n) is 9.63. The summed E-state index contributed by atoms with van der Waals surface area (Å²) in [5.74, 6) is -0.313. The van der Waals surface area contributed by atoms with E-state index < -0.39 is 0 Å². The summed E-state index contributed by atoms with van der Waals surface area (Å²) in [4.78, 5) is 40.5. The maximum absolute atomic E-state index is 13.2. The first-order valence-corrected chi connectivity index (χ1v) is 13.5. The molecular weight excluding hydrogens is 470 g/mol. The summed E-state index contributed by atoms with van der Waals surface area (Å²) in [6, 6.07) is 13.7. The Balaban J connectivity index is 1.46. The van der Waals surface area contributed by atoms with Crippen molar-refractivity contribution in [3.8, 4) is 0 Å². The molecule has 36 heavy (non-hydrogen) atoms. The van der Waals surface area contributed by atoms with Gasteiger partial charge in [-0.05, 0) is 61.7 Å². The molecule has 1 saturated carbocycles. The number of rotatable bonds is 6. The summed E-state index contributed by atoms with van der Waals surface area (Å²) in [6.07, 6.45) is 10.2. The molecule has 7 heteroatoms. The van der Waals surface area contributed by atoms with Crippen molar-refractivity contribution in [3.05, 3.63) is 70.3 Å². The number of carbonyl (C=O) groups excluding carboxylic acids is 3. The number of aromatic nitrogens is 1. The maximum Gasteiger partial charge on any atom is 0.298 e. The number of thioether (sulfide) groups is 1. The lowest BCUT2D eigenvalue weighted by atomic mass is 9.95. The highest BCUT2D eigenvalue weighted by Gasteiger charge is 2.36. The molecule has 0 unspecified atom stereocenters. The molecule has 1 N–H and O–H groups in total. The Kier molecular flexibility index (Phi) is 7.01. The quantitative estimate of drug-likeness (QED) is 0.408. The Hall–Kier alpha value is -3.32. The molecule has 0 spiro atoms. The highest BCUT2D eigenvalue weighted by atomic mass is 32.2. The predicted molar refractivity (Wildman–Crippen MR) is 146 cm³/mol. The van der Waals surface area contributed by atoms with E-state index in [1.807, 2.05) is 42.0 Å². The lowest BCUT2D eigenvalue weighted by molar-refractivity contribution is -0.122. The van der Waals surface area contributed by atoms with Gasteiger partial charge in [-0.2, -0.15) is 0 Å². The third-order valence-electron chi connectivity index (χ3n) is 7.05. The van der Waals surface area contributed by atoms with Crippen LogP contribution in [0.15, 0.2) is 53.6 Å². The Morgan fingerprint density at radius 2 is 1.83 bits per heavy atom. The number of anilines is 1. The second kappa shape index (κ2) is 10.3. The Labute approximate surface area is 215 Å². The number of carbonyl (C=O) groups is 3. The third-order valence-corrected chi connectivity index (χ3v) is 7.92. The zero-order valence-corrected chi connectivity index (χ0v) is 21.6. The fourth-order valence-electron chi connectivity index (χ4n) is 5.19. The molecule has 0 atom stereocenters. The van der Waals surface area contributed by atoms with Crippen molar-refractivity contribution in [1.29, 1.82) is 0 Å². The fraction of sp³-hybridized carbons (Fsp3) is 0.345. The zero-order chi connectivity index (χ0) is 25.2. The van der Waals surface area contributed by atoms with Crippen LogP contribution in [0.2, 0.25) is 0 Å². The molecule has 0 radical (unpaired) electrons. The van der Waals surface area contributed by atoms with Crippen LogP contribution in [0.3, 0.4) is 0 Å². The van der Waals surface area contributed by atoms with E-state index in [2.05, 4.69) is 18.3 Å². The number of imide groups is 1. The van der Waals surface area contributed by atoms with Crippen molar-refractivity contribution in [1.82, 2.24) is 9.88 Å². The highest BCUT2D eigenvalue weighted by molar-refractivity contribution is 8.19. The molecule has 1 saturated heterocycles. The molecule has 3 aromatic rings. The minimum Gasteiger partial charge on any atom is -0.352 e. The van der Waals surface area contributed by atoms with Crippen LogP contribution in [0.25, 0.3) is 17.0 Å². The summed E-state index contributed by atoms with van der Waals surface area (Å²) >= 11 is 0.951. The number of amides is 3. The van der Waals surface area contributed by atoms with Gasteiger partial charge in [0.2, 0.25) is 5.91 Å². The van der Waals surface area contributed by atoms with Crippen LogP contribution in [0.1, 0.15) is 55.7 Å². The van der Waals surface area contributed by atoms with Gasteiger partial charge in [-0.15, -0.1) is 0 Å². The van der Waals surface area contributed by atoms with E-state index in [4.69, 9.17) is 0 Å². The van der Waals surface area contributed by atoms with Crippen molar-refractivity contribution >= 4 is 51.5 Å². The van der Waals surface area contributed by atoms with E-state index in [-0.39, 0.29) is 29.6 Å². The van der Waals surface area contributed by atoms with Gasteiger partial charge in [-0.3, -0.25) is 14.4 Å². The van der Waals surface area contributed by atoms with Crippen molar-refractivity contribution in [3.63, 3.8) is 0 Å². The summed E-state index contributed by atoms with van der Waals surface area (Å²) in [7, 11) is 0. The number of nitrogens with one attached hydrogen (secondary N) is 1. The molecule has 1 aliphatic heterocycles. The van der Waals surface area contributed by atoms with E-state index in [1.165, 1.54) is 24.2 Å². The lowest BCUT2D eigenvalue weighted by Gasteiger charge is -2.23. The summed E-state index contributed by atoms with van der Waals surface area (Å²) in [6.45, 7) is 4.29. The lowest BCUT2D eigenvalue weighted by Crippen LogP contribution is -2.38. The average molecular weight is 502 g/mol. The van der Waals surface area contributed by atoms with Gasteiger partial charge in [0.25, 0.3) is 11.1 Å². The molecule has 1 aromatic heterocycles. The third kappa shape index (κ3) is 4.85. The fourth-order valence-corrected chi connectivity index (χ4v) is 6.02. The summed E-state index contributed by atoms with van der Waals surface area (Å²) in [5, 5.41) is 3.88. The second-order valence-corrected chi connectivity index (χ2v) is 10.6. The van der Waals surface area contributed by atoms with Gasteiger partial charge in [0.05, 0.1) is 16.1 Å². The highest BCUT2D eigenvalue weighted by Crippen LogP contribution is 2.37. The molecule has 2 heterocycles. The summed E-state index contributed by atoms with van der Waals surface area (Å²) in [5.41, 5.74) is 4.61. The first-order chi connectivity index (χ1) is 17.4. The molecule has 2 aromatic carbocycles. The normalized spacial score (nSPS) is 17.9. The maximum atomic E-state index is 13.2. The van der Waals surface area contributed by atoms with Gasteiger partial charge in [-0.25, -0.2) is 4.90 Å². The van der Waals surface area contributed by atoms with Gasteiger partial charge in [-0.1, -0.05) is 62.1 Å². The van der Waals surface area contributed by atoms with Crippen LogP contribution in [0.4, 0.5) is 10.5 Å². The first kappa shape index (κ1) is 24.4. The molecule has 2 fully saturated rings. The molecule has 5 rings (SSSR count). The average Bonchev–Trinajstić information content (AvgIpc) is 3.36. The Morgan fingerprint density at radius 3 is 2.56 bits per heavy atom. The van der Waals surface area contributed by atoms with Gasteiger partial charge in [0.15, 0.2) is 0 Å². The van der Waals surface area contributed by atoms with E-state index >= 15 is 0 Å². The Morgan fingerprint density at radius 1 is 1.08 bits per heavy atom. The van der Waals surface area contributed by atoms with E-state index in [1.54, 1.807) is 18.2 Å². The van der Waals surface area contributed by atoms with Gasteiger partial charge in [0, 0.05) is 23.2 Å². The molecule has 3 amide bonds. The first-order valence-electron chi connectivity index (χ1n) is 12.7. The summed E-state index contributed by atoms with van der Waals surface area (Å²) < 4.78 is 1.99. The topological polar surface area (TPSA) is 71.4 Å². The number of benzene rings is 2. The monoisotopic (exact) mass is 501 g/mol. The van der Waals surface area contributed by atoms with E-state index in [0.29, 0.717) is 10.6 Å². The van der Waals surface area contributed by atoms with Crippen molar-refractivity contribution in [2.24, 2.45) is 0 Å². The van der Waals surface area contributed by atoms with E-state index in [9.17, 15) is 14.4 Å². The van der Waals surface area contributed by atoms with Crippen molar-refractivity contribution in [2.45, 2.75) is 65.0 Å². The zero-order valence-electron chi connectivity index (χ0n) is 20.8. The number of para-hydroxylation sites is 1. The van der Waals surface area contributed by atoms with E-state index in [0.717, 1.165) is 58.6 Å². The molecule has 1 aliphatic carbocycles. The SMILES string of the molecule is CCc1cccc2c(/C=C3\SC(=O)N(c4ccc(C)cc4)C3=O)cn(CC(=O)NC3CCCCC3)c12. The molecule has 6 nitrogen and oxygen atoms in total. The largest absolute Gasteiger partial charge is 0.352 e. The smallest absolute Gasteiger partial charge is 0.298 e. The number of hydrogen-bond acceptors (Lipinski definition) is 4. The standard InChI is InChI=1S/C29H31N3O3S/c1-3-20-8-7-11-24-21(17-31(27(20)24)18-26(33)30-22-9-5-4-6-10-22)16-25-28(34)32(29(35)36-25)23-14-12-19(2)13-15-23/h7-8,11-17,22H,3-6,9-10,18H2,1-2H3,(H,30,33)/b25-16-.